The third kappa shape index (κ3) is 2.70. The first kappa shape index (κ1) is 13.8. The molecule has 0 aliphatic heterocycles. The highest BCUT2D eigenvalue weighted by Crippen LogP contribution is 2.26. The van der Waals surface area contributed by atoms with Crippen LogP contribution in [0.4, 0.5) is 0 Å². The summed E-state index contributed by atoms with van der Waals surface area (Å²) in [4.78, 5) is 0. The summed E-state index contributed by atoms with van der Waals surface area (Å²) in [6.07, 6.45) is 0. The van der Waals surface area contributed by atoms with Gasteiger partial charge in [0.25, 0.3) is 0 Å². The van der Waals surface area contributed by atoms with Gasteiger partial charge in [0.2, 0.25) is 0 Å². The molecule has 0 spiro atoms. The van der Waals surface area contributed by atoms with Crippen LogP contribution >= 0.6 is 0 Å². The molecule has 0 amide bonds. The van der Waals surface area contributed by atoms with Gasteiger partial charge in [-0.05, 0) is 54.2 Å². The van der Waals surface area contributed by atoms with E-state index in [-0.39, 0.29) is 6.04 Å². The van der Waals surface area contributed by atoms with Crippen LogP contribution in [0.1, 0.15) is 39.4 Å². The Bertz CT molecular complexity index is 571. The maximum absolute atomic E-state index is 6.40. The van der Waals surface area contributed by atoms with E-state index in [2.05, 4.69) is 45.0 Å². The average molecular weight is 254 g/mol. The summed E-state index contributed by atoms with van der Waals surface area (Å²) < 4.78 is 0. The second-order valence-electron chi connectivity index (χ2n) is 5.15. The highest BCUT2D eigenvalue weighted by Gasteiger charge is 2.13. The van der Waals surface area contributed by atoms with E-state index < -0.39 is 0 Å². The molecule has 0 aliphatic carbocycles. The van der Waals surface area contributed by atoms with Gasteiger partial charge >= 0.3 is 0 Å². The molecule has 0 radical (unpaired) electrons. The molecular weight excluding hydrogens is 232 g/mol. The van der Waals surface area contributed by atoms with Gasteiger partial charge in [-0.2, -0.15) is 0 Å². The van der Waals surface area contributed by atoms with E-state index in [0.29, 0.717) is 6.54 Å². The molecule has 100 valence electrons. The smallest absolute Gasteiger partial charge is 0.0554 e. The van der Waals surface area contributed by atoms with Crippen LogP contribution in [0.5, 0.6) is 0 Å². The van der Waals surface area contributed by atoms with E-state index in [1.807, 2.05) is 12.1 Å². The van der Waals surface area contributed by atoms with Crippen LogP contribution in [-0.2, 0) is 6.54 Å². The van der Waals surface area contributed by atoms with Gasteiger partial charge in [0, 0.05) is 6.54 Å². The first-order valence-corrected chi connectivity index (χ1v) is 6.65. The van der Waals surface area contributed by atoms with Crippen LogP contribution in [0.2, 0.25) is 0 Å². The first-order chi connectivity index (χ1) is 9.04. The molecule has 4 N–H and O–H groups in total. The Hall–Kier alpha value is -1.64. The first-order valence-electron chi connectivity index (χ1n) is 6.65. The molecule has 19 heavy (non-hydrogen) atoms. The van der Waals surface area contributed by atoms with Gasteiger partial charge in [-0.15, -0.1) is 0 Å². The van der Waals surface area contributed by atoms with Crippen molar-refractivity contribution in [3.8, 4) is 0 Å². The van der Waals surface area contributed by atoms with Gasteiger partial charge in [-0.25, -0.2) is 0 Å². The molecule has 2 aromatic carbocycles. The van der Waals surface area contributed by atoms with Crippen LogP contribution < -0.4 is 11.5 Å². The molecule has 0 bridgehead atoms. The molecule has 0 saturated heterocycles. The minimum Gasteiger partial charge on any atom is -0.326 e. The van der Waals surface area contributed by atoms with Crippen LogP contribution in [-0.4, -0.2) is 0 Å². The van der Waals surface area contributed by atoms with E-state index >= 15 is 0 Å². The van der Waals surface area contributed by atoms with Crippen LogP contribution in [0.25, 0.3) is 0 Å². The lowest BCUT2D eigenvalue weighted by Crippen LogP contribution is -2.14. The number of hydrogen-bond acceptors (Lipinski definition) is 2. The summed E-state index contributed by atoms with van der Waals surface area (Å²) in [5, 5.41) is 0. The molecule has 2 heteroatoms. The SMILES string of the molecule is Cc1ccc(C(N)c2ccc(CN)cc2)c(C)c1C. The Labute approximate surface area is 115 Å². The van der Waals surface area contributed by atoms with Gasteiger partial charge < -0.3 is 11.5 Å². The van der Waals surface area contributed by atoms with E-state index in [0.717, 1.165) is 11.1 Å². The van der Waals surface area contributed by atoms with Gasteiger partial charge in [-0.1, -0.05) is 36.4 Å². The van der Waals surface area contributed by atoms with Crippen molar-refractivity contribution in [1.82, 2.24) is 0 Å². The quantitative estimate of drug-likeness (QED) is 0.884. The monoisotopic (exact) mass is 254 g/mol. The normalized spacial score (nSPS) is 12.5. The van der Waals surface area contributed by atoms with E-state index in [9.17, 15) is 0 Å². The number of hydrogen-bond donors (Lipinski definition) is 2. The Morgan fingerprint density at radius 1 is 0.895 bits per heavy atom. The number of nitrogens with two attached hydrogens (primary N) is 2. The minimum absolute atomic E-state index is 0.0777. The minimum atomic E-state index is -0.0777. The topological polar surface area (TPSA) is 52.0 Å². The zero-order valence-electron chi connectivity index (χ0n) is 11.9. The predicted octanol–water partition coefficient (Wildman–Crippen LogP) is 3.12. The van der Waals surface area contributed by atoms with Gasteiger partial charge in [-0.3, -0.25) is 0 Å². The van der Waals surface area contributed by atoms with Crippen molar-refractivity contribution >= 4 is 0 Å². The van der Waals surface area contributed by atoms with Crippen molar-refractivity contribution in [3.63, 3.8) is 0 Å². The molecule has 0 aliphatic rings. The maximum Gasteiger partial charge on any atom is 0.0554 e. The summed E-state index contributed by atoms with van der Waals surface area (Å²) in [6.45, 7) is 7.00. The number of rotatable bonds is 3. The van der Waals surface area contributed by atoms with Gasteiger partial charge in [0.05, 0.1) is 6.04 Å². The largest absolute Gasteiger partial charge is 0.326 e. The van der Waals surface area contributed by atoms with E-state index in [4.69, 9.17) is 11.5 Å². The molecule has 2 nitrogen and oxygen atoms in total. The van der Waals surface area contributed by atoms with Crippen LogP contribution in [0.15, 0.2) is 36.4 Å². The molecule has 2 rings (SSSR count). The fourth-order valence-corrected chi connectivity index (χ4v) is 2.35. The lowest BCUT2D eigenvalue weighted by Gasteiger charge is -2.18. The zero-order chi connectivity index (χ0) is 14.0. The molecule has 2 aromatic rings. The lowest BCUT2D eigenvalue weighted by molar-refractivity contribution is 0.855. The molecule has 0 fully saturated rings. The maximum atomic E-state index is 6.40. The van der Waals surface area contributed by atoms with E-state index in [1.165, 1.54) is 22.3 Å². The lowest BCUT2D eigenvalue weighted by atomic mass is 9.91. The molecule has 0 aromatic heterocycles. The second-order valence-corrected chi connectivity index (χ2v) is 5.15. The van der Waals surface area contributed by atoms with Crippen molar-refractivity contribution in [2.45, 2.75) is 33.4 Å². The Kier molecular flexibility index (Phi) is 4.03. The van der Waals surface area contributed by atoms with Crippen molar-refractivity contribution in [2.24, 2.45) is 11.5 Å². The predicted molar refractivity (Wildman–Crippen MR) is 81.0 cm³/mol. The average Bonchev–Trinajstić information content (AvgIpc) is 2.44. The third-order valence-electron chi connectivity index (χ3n) is 4.01. The van der Waals surface area contributed by atoms with E-state index in [1.54, 1.807) is 0 Å². The van der Waals surface area contributed by atoms with Gasteiger partial charge in [0.1, 0.15) is 0 Å². The number of aryl methyl sites for hydroxylation is 1. The second kappa shape index (κ2) is 5.55. The Morgan fingerprint density at radius 3 is 2.11 bits per heavy atom. The summed E-state index contributed by atoms with van der Waals surface area (Å²) in [6, 6.07) is 12.4. The molecule has 1 unspecified atom stereocenters. The summed E-state index contributed by atoms with van der Waals surface area (Å²) in [7, 11) is 0. The third-order valence-corrected chi connectivity index (χ3v) is 4.01. The zero-order valence-corrected chi connectivity index (χ0v) is 11.9. The molecule has 0 heterocycles. The van der Waals surface area contributed by atoms with Gasteiger partial charge in [0.15, 0.2) is 0 Å². The van der Waals surface area contributed by atoms with Crippen molar-refractivity contribution in [2.75, 3.05) is 0 Å². The highest BCUT2D eigenvalue weighted by molar-refractivity contribution is 5.44. The summed E-state index contributed by atoms with van der Waals surface area (Å²) in [5.74, 6) is 0. The fourth-order valence-electron chi connectivity index (χ4n) is 2.35. The van der Waals surface area contributed by atoms with Crippen molar-refractivity contribution in [3.05, 3.63) is 69.8 Å². The summed E-state index contributed by atoms with van der Waals surface area (Å²) in [5.41, 5.74) is 19.4. The highest BCUT2D eigenvalue weighted by atomic mass is 14.6. The Balaban J connectivity index is 2.38. The molecule has 0 saturated carbocycles. The van der Waals surface area contributed by atoms with Crippen molar-refractivity contribution < 1.29 is 0 Å². The standard InChI is InChI=1S/C17H22N2/c1-11-4-9-16(13(3)12(11)2)17(19)15-7-5-14(10-18)6-8-15/h4-9,17H,10,18-19H2,1-3H3. The molecule has 1 atom stereocenters. The Morgan fingerprint density at radius 2 is 1.53 bits per heavy atom. The fraction of sp³-hybridized carbons (Fsp3) is 0.294. The van der Waals surface area contributed by atoms with Crippen LogP contribution in [0.3, 0.4) is 0 Å². The van der Waals surface area contributed by atoms with Crippen LogP contribution in [0, 0.1) is 20.8 Å². The van der Waals surface area contributed by atoms with Crippen molar-refractivity contribution in [1.29, 1.82) is 0 Å². The number of benzene rings is 2. The molecular formula is C17H22N2. The summed E-state index contributed by atoms with van der Waals surface area (Å²) >= 11 is 0.